The SMILES string of the molecule is CN1CC[C@@H](Nc2cccc3c(CC(F)(F)F)c(C#CCNc4ccc(P(C)C)c5c4OC(F)(F)O5)sc23)[C@@H](F)C1. The zero-order valence-corrected chi connectivity index (χ0v) is 24.2. The molecule has 1 fully saturated rings. The van der Waals surface area contributed by atoms with Crippen LogP contribution < -0.4 is 25.4 Å². The summed E-state index contributed by atoms with van der Waals surface area (Å²) in [7, 11) is 1.09. The second-order valence-corrected chi connectivity index (χ2v) is 13.5. The van der Waals surface area contributed by atoms with E-state index in [9.17, 15) is 26.3 Å². The molecule has 2 atom stereocenters. The van der Waals surface area contributed by atoms with Crippen LogP contribution in [0.2, 0.25) is 0 Å². The van der Waals surface area contributed by atoms with Gasteiger partial charge in [-0.1, -0.05) is 31.9 Å². The van der Waals surface area contributed by atoms with Gasteiger partial charge in [-0.05, 0) is 55.9 Å². The molecule has 0 unspecified atom stereocenters. The van der Waals surface area contributed by atoms with Crippen LogP contribution in [-0.4, -0.2) is 69.6 Å². The molecule has 41 heavy (non-hydrogen) atoms. The van der Waals surface area contributed by atoms with E-state index in [0.717, 1.165) is 11.3 Å². The molecule has 5 nitrogen and oxygen atoms in total. The normalized spacial score (nSPS) is 20.2. The number of hydrogen-bond donors (Lipinski definition) is 2. The fourth-order valence-corrected chi connectivity index (χ4v) is 7.04. The van der Waals surface area contributed by atoms with Gasteiger partial charge in [-0.3, -0.25) is 0 Å². The minimum atomic E-state index is -4.47. The summed E-state index contributed by atoms with van der Waals surface area (Å²) >= 11 is 1.11. The van der Waals surface area contributed by atoms with Gasteiger partial charge in [-0.25, -0.2) is 4.39 Å². The van der Waals surface area contributed by atoms with Gasteiger partial charge >= 0.3 is 12.5 Å². The molecule has 3 heterocycles. The topological polar surface area (TPSA) is 45.8 Å². The van der Waals surface area contributed by atoms with Crippen LogP contribution in [-0.2, 0) is 6.42 Å². The first-order valence-corrected chi connectivity index (χ1v) is 15.9. The molecule has 5 rings (SSSR count). The van der Waals surface area contributed by atoms with E-state index in [-0.39, 0.29) is 40.7 Å². The lowest BCUT2D eigenvalue weighted by atomic mass is 10.0. The monoisotopic (exact) mass is 615 g/mol. The number of rotatable bonds is 6. The van der Waals surface area contributed by atoms with Gasteiger partial charge in [-0.15, -0.1) is 20.1 Å². The van der Waals surface area contributed by atoms with Crippen LogP contribution in [0.15, 0.2) is 30.3 Å². The number of nitrogens with zero attached hydrogens (tertiary/aromatic N) is 1. The van der Waals surface area contributed by atoms with Gasteiger partial charge in [0.05, 0.1) is 40.0 Å². The van der Waals surface area contributed by atoms with Crippen LogP contribution in [0.4, 0.5) is 37.7 Å². The van der Waals surface area contributed by atoms with Crippen molar-refractivity contribution in [1.82, 2.24) is 4.90 Å². The Morgan fingerprint density at radius 3 is 2.59 bits per heavy atom. The molecule has 2 aliphatic rings. The molecule has 2 N–H and O–H groups in total. The predicted octanol–water partition coefficient (Wildman–Crippen LogP) is 6.61. The van der Waals surface area contributed by atoms with Crippen molar-refractivity contribution in [2.24, 2.45) is 0 Å². The van der Waals surface area contributed by atoms with E-state index in [1.54, 1.807) is 30.3 Å². The first-order valence-electron chi connectivity index (χ1n) is 12.8. The third-order valence-corrected chi connectivity index (χ3v) is 9.38. The number of fused-ring (bicyclic) bond motifs is 2. The van der Waals surface area contributed by atoms with Crippen molar-refractivity contribution in [3.63, 3.8) is 0 Å². The van der Waals surface area contributed by atoms with Crippen molar-refractivity contribution in [2.75, 3.05) is 50.6 Å². The zero-order valence-electron chi connectivity index (χ0n) is 22.5. The summed E-state index contributed by atoms with van der Waals surface area (Å²) in [6.45, 7) is 4.74. The van der Waals surface area contributed by atoms with Crippen molar-refractivity contribution in [3.05, 3.63) is 40.8 Å². The Morgan fingerprint density at radius 2 is 1.88 bits per heavy atom. The average Bonchev–Trinajstić information content (AvgIpc) is 3.39. The van der Waals surface area contributed by atoms with Crippen LogP contribution in [0.25, 0.3) is 10.1 Å². The van der Waals surface area contributed by atoms with Gasteiger partial charge in [0, 0.05) is 18.4 Å². The molecule has 2 aliphatic heterocycles. The lowest BCUT2D eigenvalue weighted by Crippen LogP contribution is -2.46. The molecule has 13 heteroatoms. The van der Waals surface area contributed by atoms with E-state index in [1.807, 2.05) is 25.3 Å². The zero-order chi connectivity index (χ0) is 29.5. The molecule has 2 aromatic carbocycles. The average molecular weight is 616 g/mol. The van der Waals surface area contributed by atoms with E-state index in [0.29, 0.717) is 34.0 Å². The molecule has 0 bridgehead atoms. The molecule has 0 radical (unpaired) electrons. The van der Waals surface area contributed by atoms with Crippen molar-refractivity contribution in [1.29, 1.82) is 0 Å². The molecule has 1 aromatic heterocycles. The molecule has 0 spiro atoms. The third kappa shape index (κ3) is 6.63. The summed E-state index contributed by atoms with van der Waals surface area (Å²) in [5.74, 6) is 5.50. The number of halogens is 6. The van der Waals surface area contributed by atoms with Crippen LogP contribution in [0.5, 0.6) is 11.5 Å². The van der Waals surface area contributed by atoms with E-state index in [4.69, 9.17) is 9.47 Å². The summed E-state index contributed by atoms with van der Waals surface area (Å²) < 4.78 is 93.1. The van der Waals surface area contributed by atoms with Gasteiger partial charge in [0.2, 0.25) is 0 Å². The van der Waals surface area contributed by atoms with E-state index in [1.165, 1.54) is 0 Å². The summed E-state index contributed by atoms with van der Waals surface area (Å²) in [6, 6.07) is 7.82. The van der Waals surface area contributed by atoms with Crippen LogP contribution in [0, 0.1) is 11.8 Å². The Labute approximate surface area is 238 Å². The van der Waals surface area contributed by atoms with Gasteiger partial charge in [0.25, 0.3) is 0 Å². The standard InChI is InChI=1S/C28H28F6N3O2PS/c1-37-13-11-19(18(29)15-37)36-21-7-4-6-16-17(14-27(30,31)32)23(41-26(16)21)8-5-12-35-20-9-10-22(40(2)3)25-24(20)38-28(33,34)39-25/h4,6-7,9-10,18-19,35-36H,11-15H2,1-3H3/t18-,19+/m0/s1. The summed E-state index contributed by atoms with van der Waals surface area (Å²) in [6.07, 6.45) is -9.98. The fourth-order valence-electron chi connectivity index (χ4n) is 4.95. The molecule has 220 valence electrons. The highest BCUT2D eigenvalue weighted by molar-refractivity contribution is 7.64. The Morgan fingerprint density at radius 1 is 1.12 bits per heavy atom. The second-order valence-electron chi connectivity index (χ2n) is 10.2. The number of likely N-dealkylation sites (tertiary alicyclic amines) is 1. The number of hydrogen-bond acceptors (Lipinski definition) is 6. The van der Waals surface area contributed by atoms with E-state index >= 15 is 0 Å². The summed E-state index contributed by atoms with van der Waals surface area (Å²) in [5.41, 5.74) is 0.860. The maximum atomic E-state index is 14.7. The quantitative estimate of drug-likeness (QED) is 0.186. The highest BCUT2D eigenvalue weighted by Gasteiger charge is 2.46. The summed E-state index contributed by atoms with van der Waals surface area (Å²) in [4.78, 5) is 2.14. The molecular weight excluding hydrogens is 587 g/mol. The first kappa shape index (κ1) is 29.6. The van der Waals surface area contributed by atoms with Gasteiger partial charge in [0.15, 0.2) is 11.5 Å². The van der Waals surface area contributed by atoms with Crippen LogP contribution in [0.3, 0.4) is 0 Å². The number of nitrogens with one attached hydrogen (secondary N) is 2. The molecule has 0 aliphatic carbocycles. The molecule has 0 saturated carbocycles. The maximum absolute atomic E-state index is 14.7. The maximum Gasteiger partial charge on any atom is 0.586 e. The minimum absolute atomic E-state index is 0.0267. The fraction of sp³-hybridized carbons (Fsp3) is 0.429. The van der Waals surface area contributed by atoms with Crippen molar-refractivity contribution >= 4 is 46.0 Å². The van der Waals surface area contributed by atoms with Gasteiger partial charge in [0.1, 0.15) is 6.17 Å². The Bertz CT molecular complexity index is 1500. The molecule has 0 amide bonds. The Balaban J connectivity index is 1.41. The Hall–Kier alpha value is -2.87. The number of ether oxygens (including phenoxy) is 2. The second kappa shape index (κ2) is 11.4. The van der Waals surface area contributed by atoms with Crippen molar-refractivity contribution < 1.29 is 35.8 Å². The highest BCUT2D eigenvalue weighted by atomic mass is 32.1. The lowest BCUT2D eigenvalue weighted by Gasteiger charge is -2.33. The largest absolute Gasteiger partial charge is 0.586 e. The van der Waals surface area contributed by atoms with Gasteiger partial charge < -0.3 is 25.0 Å². The number of thiophene rings is 1. The smallest absolute Gasteiger partial charge is 0.395 e. The highest BCUT2D eigenvalue weighted by Crippen LogP contribution is 2.48. The van der Waals surface area contributed by atoms with E-state index in [2.05, 4.69) is 22.5 Å². The van der Waals surface area contributed by atoms with Gasteiger partial charge in [-0.2, -0.15) is 13.2 Å². The minimum Gasteiger partial charge on any atom is -0.395 e. The van der Waals surface area contributed by atoms with E-state index < -0.39 is 39.0 Å². The van der Waals surface area contributed by atoms with Crippen molar-refractivity contribution in [3.8, 4) is 23.3 Å². The lowest BCUT2D eigenvalue weighted by molar-refractivity contribution is -0.286. The van der Waals surface area contributed by atoms with Crippen LogP contribution in [0.1, 0.15) is 16.9 Å². The number of piperidine rings is 1. The Kier molecular flexibility index (Phi) is 8.25. The number of alkyl halides is 6. The molecule has 3 aromatic rings. The predicted molar refractivity (Wildman–Crippen MR) is 152 cm³/mol. The number of anilines is 2. The van der Waals surface area contributed by atoms with Crippen LogP contribution >= 0.6 is 19.3 Å². The summed E-state index contributed by atoms with van der Waals surface area (Å²) in [5, 5.41) is 7.16. The molecular formula is C28H28F6N3O2PS. The number of benzene rings is 2. The molecule has 1 saturated heterocycles. The first-order chi connectivity index (χ1) is 19.3. The van der Waals surface area contributed by atoms with Crippen molar-refractivity contribution in [2.45, 2.75) is 37.5 Å². The third-order valence-electron chi connectivity index (χ3n) is 6.87.